The number of hydrogen-bond donors (Lipinski definition) is 1. The van der Waals surface area contributed by atoms with E-state index in [-0.39, 0.29) is 0 Å². The number of carbonyl (C=O) groups is 1. The van der Waals surface area contributed by atoms with Crippen LogP contribution in [0.25, 0.3) is 0 Å². The Morgan fingerprint density at radius 3 is 2.68 bits per heavy atom. The van der Waals surface area contributed by atoms with Crippen LogP contribution in [0.1, 0.15) is 24.5 Å². The molecule has 4 nitrogen and oxygen atoms in total. The monoisotopic (exact) mass is 265 g/mol. The van der Waals surface area contributed by atoms with Crippen molar-refractivity contribution in [3.8, 4) is 5.75 Å². The quantitative estimate of drug-likeness (QED) is 0.823. The van der Waals surface area contributed by atoms with Gasteiger partial charge in [0.15, 0.2) is 0 Å². The van der Waals surface area contributed by atoms with Gasteiger partial charge in [0.1, 0.15) is 18.4 Å². The number of aryl methyl sites for hydroxylation is 2. The third-order valence-corrected chi connectivity index (χ3v) is 3.25. The maximum Gasteiger partial charge on any atom is 0.320 e. The molecule has 0 bridgehead atoms. The lowest BCUT2D eigenvalue weighted by atomic mass is 10.1. The summed E-state index contributed by atoms with van der Waals surface area (Å²) in [6.45, 7) is 6.99. The highest BCUT2D eigenvalue weighted by molar-refractivity contribution is 5.73. The molecule has 0 aromatic heterocycles. The summed E-state index contributed by atoms with van der Waals surface area (Å²) in [7, 11) is 1.81. The van der Waals surface area contributed by atoms with E-state index in [1.54, 1.807) is 0 Å². The van der Waals surface area contributed by atoms with E-state index in [9.17, 15) is 4.79 Å². The zero-order valence-corrected chi connectivity index (χ0v) is 12.1. The summed E-state index contributed by atoms with van der Waals surface area (Å²) < 4.78 is 5.73. The molecular weight excluding hydrogens is 242 g/mol. The van der Waals surface area contributed by atoms with Gasteiger partial charge in [-0.05, 0) is 44.5 Å². The highest BCUT2D eigenvalue weighted by Gasteiger charge is 2.19. The minimum atomic E-state index is -0.781. The number of ether oxygens (including phenoxy) is 1. The van der Waals surface area contributed by atoms with Crippen molar-refractivity contribution in [1.82, 2.24) is 4.90 Å². The molecule has 19 heavy (non-hydrogen) atoms. The summed E-state index contributed by atoms with van der Waals surface area (Å²) in [4.78, 5) is 12.8. The second-order valence-corrected chi connectivity index (χ2v) is 4.86. The van der Waals surface area contributed by atoms with Gasteiger partial charge in [-0.3, -0.25) is 9.69 Å². The molecule has 0 saturated heterocycles. The van der Waals surface area contributed by atoms with Gasteiger partial charge in [-0.15, -0.1) is 0 Å². The molecule has 0 aliphatic heterocycles. The Balaban J connectivity index is 2.49. The largest absolute Gasteiger partial charge is 0.492 e. The Labute approximate surface area is 115 Å². The fourth-order valence-corrected chi connectivity index (χ4v) is 1.99. The minimum Gasteiger partial charge on any atom is -0.492 e. The average Bonchev–Trinajstić information content (AvgIpc) is 2.34. The minimum absolute atomic E-state index is 0.442. The van der Waals surface area contributed by atoms with Crippen molar-refractivity contribution in [2.75, 3.05) is 20.2 Å². The lowest BCUT2D eigenvalue weighted by Crippen LogP contribution is -2.40. The van der Waals surface area contributed by atoms with Crippen molar-refractivity contribution >= 4 is 5.97 Å². The molecule has 1 N–H and O–H groups in total. The molecule has 1 unspecified atom stereocenters. The molecule has 4 heteroatoms. The molecule has 1 rings (SSSR count). The van der Waals surface area contributed by atoms with E-state index < -0.39 is 12.0 Å². The summed E-state index contributed by atoms with van der Waals surface area (Å²) in [6, 6.07) is 5.64. The summed E-state index contributed by atoms with van der Waals surface area (Å²) in [5.74, 6) is 0.0912. The third kappa shape index (κ3) is 4.56. The van der Waals surface area contributed by atoms with Crippen molar-refractivity contribution in [1.29, 1.82) is 0 Å². The molecule has 0 aliphatic carbocycles. The molecule has 0 heterocycles. The smallest absolute Gasteiger partial charge is 0.320 e. The Hall–Kier alpha value is -1.55. The van der Waals surface area contributed by atoms with Crippen LogP contribution in [-0.4, -0.2) is 42.2 Å². The van der Waals surface area contributed by atoms with Crippen LogP contribution < -0.4 is 4.74 Å². The molecule has 0 aliphatic rings. The molecule has 0 spiro atoms. The van der Waals surface area contributed by atoms with E-state index in [1.807, 2.05) is 50.9 Å². The van der Waals surface area contributed by atoms with Crippen LogP contribution >= 0.6 is 0 Å². The van der Waals surface area contributed by atoms with Gasteiger partial charge in [0, 0.05) is 6.54 Å². The van der Waals surface area contributed by atoms with Crippen molar-refractivity contribution in [3.05, 3.63) is 29.3 Å². The Morgan fingerprint density at radius 2 is 2.11 bits per heavy atom. The zero-order valence-electron chi connectivity index (χ0n) is 12.1. The van der Waals surface area contributed by atoms with Crippen LogP contribution in [0.3, 0.4) is 0 Å². The zero-order chi connectivity index (χ0) is 14.4. The number of carboxylic acids is 1. The van der Waals surface area contributed by atoms with Crippen LogP contribution in [0, 0.1) is 13.8 Å². The molecule has 0 fully saturated rings. The van der Waals surface area contributed by atoms with E-state index >= 15 is 0 Å². The van der Waals surface area contributed by atoms with Crippen molar-refractivity contribution in [2.24, 2.45) is 0 Å². The van der Waals surface area contributed by atoms with Gasteiger partial charge in [0.2, 0.25) is 0 Å². The Morgan fingerprint density at radius 1 is 1.42 bits per heavy atom. The van der Waals surface area contributed by atoms with Gasteiger partial charge in [-0.25, -0.2) is 0 Å². The van der Waals surface area contributed by atoms with Gasteiger partial charge >= 0.3 is 5.97 Å². The highest BCUT2D eigenvalue weighted by Crippen LogP contribution is 2.19. The number of aliphatic carboxylic acids is 1. The number of nitrogens with zero attached hydrogens (tertiary/aromatic N) is 1. The average molecular weight is 265 g/mol. The molecule has 0 radical (unpaired) electrons. The van der Waals surface area contributed by atoms with E-state index in [0.717, 1.165) is 16.9 Å². The third-order valence-electron chi connectivity index (χ3n) is 3.25. The summed E-state index contributed by atoms with van der Waals surface area (Å²) >= 11 is 0. The van der Waals surface area contributed by atoms with Gasteiger partial charge in [-0.1, -0.05) is 19.1 Å². The second kappa shape index (κ2) is 7.14. The molecule has 1 aromatic carbocycles. The molecule has 106 valence electrons. The van der Waals surface area contributed by atoms with Crippen LogP contribution in [-0.2, 0) is 4.79 Å². The first-order valence-corrected chi connectivity index (χ1v) is 6.58. The van der Waals surface area contributed by atoms with Crippen LogP contribution in [0.4, 0.5) is 0 Å². The number of carboxylic acid groups (broad SMARTS) is 1. The van der Waals surface area contributed by atoms with Crippen molar-refractivity contribution in [3.63, 3.8) is 0 Å². The van der Waals surface area contributed by atoms with E-state index in [2.05, 4.69) is 0 Å². The number of rotatable bonds is 7. The standard InChI is InChI=1S/C15H23NO3/c1-5-13(15(17)18)16(4)8-9-19-14-10-11(2)6-7-12(14)3/h6-7,10,13H,5,8-9H2,1-4H3,(H,17,18). The van der Waals surface area contributed by atoms with Gasteiger partial charge in [-0.2, -0.15) is 0 Å². The molecular formula is C15H23NO3. The molecule has 1 aromatic rings. The second-order valence-electron chi connectivity index (χ2n) is 4.86. The molecule has 0 saturated carbocycles. The molecule has 1 atom stereocenters. The Bertz CT molecular complexity index is 431. The number of hydrogen-bond acceptors (Lipinski definition) is 3. The summed E-state index contributed by atoms with van der Waals surface area (Å²) in [5.41, 5.74) is 2.25. The fourth-order valence-electron chi connectivity index (χ4n) is 1.99. The SMILES string of the molecule is CCC(C(=O)O)N(C)CCOc1cc(C)ccc1C. The predicted molar refractivity (Wildman–Crippen MR) is 75.8 cm³/mol. The normalized spacial score (nSPS) is 12.5. The van der Waals surface area contributed by atoms with Crippen LogP contribution in [0.2, 0.25) is 0 Å². The van der Waals surface area contributed by atoms with Crippen molar-refractivity contribution < 1.29 is 14.6 Å². The lowest BCUT2D eigenvalue weighted by molar-refractivity contribution is -0.143. The molecule has 0 amide bonds. The maximum absolute atomic E-state index is 11.0. The van der Waals surface area contributed by atoms with E-state index in [4.69, 9.17) is 9.84 Å². The summed E-state index contributed by atoms with van der Waals surface area (Å²) in [6.07, 6.45) is 0.593. The fraction of sp³-hybridized carbons (Fsp3) is 0.533. The first-order chi connectivity index (χ1) is 8.95. The van der Waals surface area contributed by atoms with E-state index in [0.29, 0.717) is 19.6 Å². The first-order valence-electron chi connectivity index (χ1n) is 6.58. The van der Waals surface area contributed by atoms with Crippen LogP contribution in [0.5, 0.6) is 5.75 Å². The lowest BCUT2D eigenvalue weighted by Gasteiger charge is -2.23. The topological polar surface area (TPSA) is 49.8 Å². The summed E-state index contributed by atoms with van der Waals surface area (Å²) in [5, 5.41) is 9.06. The number of benzene rings is 1. The maximum atomic E-state index is 11.0. The van der Waals surface area contributed by atoms with E-state index in [1.165, 1.54) is 0 Å². The first kappa shape index (κ1) is 15.5. The van der Waals surface area contributed by atoms with Crippen LogP contribution in [0.15, 0.2) is 18.2 Å². The highest BCUT2D eigenvalue weighted by atomic mass is 16.5. The van der Waals surface area contributed by atoms with Gasteiger partial charge in [0.25, 0.3) is 0 Å². The van der Waals surface area contributed by atoms with Gasteiger partial charge < -0.3 is 9.84 Å². The van der Waals surface area contributed by atoms with Gasteiger partial charge in [0.05, 0.1) is 0 Å². The van der Waals surface area contributed by atoms with Crippen molar-refractivity contribution in [2.45, 2.75) is 33.2 Å². The Kier molecular flexibility index (Phi) is 5.83. The predicted octanol–water partition coefficient (Wildman–Crippen LogP) is 2.48. The number of likely N-dealkylation sites (N-methyl/N-ethyl adjacent to an activating group) is 1.